The zero-order valence-corrected chi connectivity index (χ0v) is 16.0. The maximum atomic E-state index is 13.2. The van der Waals surface area contributed by atoms with Gasteiger partial charge in [0.15, 0.2) is 6.61 Å². The van der Waals surface area contributed by atoms with E-state index in [4.69, 9.17) is 4.74 Å². The number of halogens is 3. The lowest BCUT2D eigenvalue weighted by molar-refractivity contribution is -0.385. The molecule has 1 aromatic carbocycles. The highest BCUT2D eigenvalue weighted by molar-refractivity contribution is 5.94. The van der Waals surface area contributed by atoms with Crippen molar-refractivity contribution >= 4 is 23.3 Å². The summed E-state index contributed by atoms with van der Waals surface area (Å²) in [4.78, 5) is 34.5. The third-order valence-corrected chi connectivity index (χ3v) is 6.64. The van der Waals surface area contributed by atoms with E-state index < -0.39 is 46.5 Å². The van der Waals surface area contributed by atoms with Crippen molar-refractivity contribution in [3.05, 3.63) is 33.9 Å². The molecule has 0 heterocycles. The van der Waals surface area contributed by atoms with Gasteiger partial charge in [0.2, 0.25) is 0 Å². The van der Waals surface area contributed by atoms with Crippen LogP contribution in [-0.2, 0) is 20.5 Å². The van der Waals surface area contributed by atoms with E-state index in [1.165, 1.54) is 6.42 Å². The van der Waals surface area contributed by atoms with Gasteiger partial charge >= 0.3 is 12.1 Å². The molecule has 4 bridgehead atoms. The lowest BCUT2D eigenvalue weighted by Gasteiger charge is -2.53. The summed E-state index contributed by atoms with van der Waals surface area (Å²) in [5.74, 6) is 0.248. The van der Waals surface area contributed by atoms with Gasteiger partial charge in [0.25, 0.3) is 11.6 Å². The number of benzene rings is 1. The number of rotatable bonds is 5. The van der Waals surface area contributed by atoms with Crippen LogP contribution >= 0.6 is 0 Å². The summed E-state index contributed by atoms with van der Waals surface area (Å²) in [6, 6.07) is 2.04. The summed E-state index contributed by atoms with van der Waals surface area (Å²) in [6.07, 6.45) is 0.320. The van der Waals surface area contributed by atoms with Gasteiger partial charge in [-0.25, -0.2) is 0 Å². The number of non-ortho nitro benzene ring substituents is 1. The van der Waals surface area contributed by atoms with Crippen LogP contribution in [0.25, 0.3) is 0 Å². The number of amides is 1. The van der Waals surface area contributed by atoms with E-state index in [2.05, 4.69) is 0 Å². The minimum Gasteiger partial charge on any atom is -0.455 e. The molecule has 0 saturated heterocycles. The molecule has 4 aliphatic carbocycles. The van der Waals surface area contributed by atoms with Gasteiger partial charge in [0.1, 0.15) is 0 Å². The summed E-state index contributed by atoms with van der Waals surface area (Å²) in [5.41, 5.74) is -2.70. The molecule has 1 aromatic rings. The number of ether oxygens (including phenoxy) is 1. The van der Waals surface area contributed by atoms with E-state index in [1.807, 2.05) is 5.32 Å². The van der Waals surface area contributed by atoms with Crippen molar-refractivity contribution in [2.45, 2.75) is 38.3 Å². The molecule has 0 atom stereocenters. The molecule has 1 amide bonds. The molecule has 0 aliphatic heterocycles. The maximum Gasteiger partial charge on any atom is 0.418 e. The molecule has 0 unspecified atom stereocenters. The van der Waals surface area contributed by atoms with Crippen LogP contribution in [0.5, 0.6) is 0 Å². The Morgan fingerprint density at radius 1 is 1.10 bits per heavy atom. The van der Waals surface area contributed by atoms with Crippen molar-refractivity contribution in [3.63, 3.8) is 0 Å². The van der Waals surface area contributed by atoms with Gasteiger partial charge in [-0.3, -0.25) is 19.7 Å². The number of nitro benzene ring substituents is 1. The number of alkyl halides is 3. The molecular formula is C20H21F3N2O5. The van der Waals surface area contributed by atoms with E-state index in [1.54, 1.807) is 0 Å². The number of nitrogens with zero attached hydrogens (tertiary/aromatic N) is 1. The Hall–Kier alpha value is -2.65. The van der Waals surface area contributed by atoms with E-state index in [0.717, 1.165) is 37.8 Å². The first-order chi connectivity index (χ1) is 14.1. The third-order valence-electron chi connectivity index (χ3n) is 6.64. The van der Waals surface area contributed by atoms with Crippen LogP contribution < -0.4 is 5.32 Å². The molecule has 4 saturated carbocycles. The molecule has 0 spiro atoms. The van der Waals surface area contributed by atoms with E-state index >= 15 is 0 Å². The van der Waals surface area contributed by atoms with Crippen molar-refractivity contribution in [3.8, 4) is 0 Å². The van der Waals surface area contributed by atoms with Gasteiger partial charge in [-0.1, -0.05) is 0 Å². The van der Waals surface area contributed by atoms with Gasteiger partial charge in [-0.05, 0) is 61.8 Å². The zero-order chi connectivity index (χ0) is 21.6. The van der Waals surface area contributed by atoms with Crippen LogP contribution in [0.15, 0.2) is 18.2 Å². The van der Waals surface area contributed by atoms with Crippen LogP contribution in [-0.4, -0.2) is 23.4 Å². The summed E-state index contributed by atoms with van der Waals surface area (Å²) in [6.45, 7) is -0.698. The van der Waals surface area contributed by atoms with Crippen molar-refractivity contribution < 1.29 is 32.4 Å². The Balaban J connectivity index is 1.38. The molecule has 4 aliphatic rings. The minimum atomic E-state index is -4.90. The Morgan fingerprint density at radius 2 is 1.70 bits per heavy atom. The van der Waals surface area contributed by atoms with Crippen LogP contribution in [0.1, 0.15) is 37.7 Å². The second-order valence-corrected chi connectivity index (χ2v) is 8.60. The highest BCUT2D eigenvalue weighted by Crippen LogP contribution is 2.56. The van der Waals surface area contributed by atoms with Gasteiger partial charge in [-0.15, -0.1) is 0 Å². The number of nitrogens with one attached hydrogen (secondary N) is 1. The molecule has 30 heavy (non-hydrogen) atoms. The topological polar surface area (TPSA) is 98.5 Å². The number of anilines is 1. The normalized spacial score (nSPS) is 29.5. The van der Waals surface area contributed by atoms with Gasteiger partial charge in [-0.2, -0.15) is 13.2 Å². The van der Waals surface area contributed by atoms with Gasteiger partial charge in [0, 0.05) is 12.1 Å². The van der Waals surface area contributed by atoms with Crippen LogP contribution in [0.4, 0.5) is 24.5 Å². The second-order valence-electron chi connectivity index (χ2n) is 8.60. The van der Waals surface area contributed by atoms with E-state index in [-0.39, 0.29) is 17.8 Å². The quantitative estimate of drug-likeness (QED) is 0.433. The van der Waals surface area contributed by atoms with Crippen molar-refractivity contribution in [2.24, 2.45) is 29.6 Å². The number of carbonyl (C=O) groups is 2. The number of hydrogen-bond donors (Lipinski definition) is 1. The minimum absolute atomic E-state index is 0.240. The molecule has 4 fully saturated rings. The monoisotopic (exact) mass is 426 g/mol. The van der Waals surface area contributed by atoms with Crippen molar-refractivity contribution in [2.75, 3.05) is 11.9 Å². The molecule has 5 rings (SSSR count). The fraction of sp³-hybridized carbons (Fsp3) is 0.600. The average Bonchev–Trinajstić information content (AvgIpc) is 2.64. The van der Waals surface area contributed by atoms with E-state index in [0.29, 0.717) is 17.9 Å². The number of carbonyl (C=O) groups excluding carboxylic acids is 2. The second kappa shape index (κ2) is 7.55. The predicted octanol–water partition coefficient (Wildman–Crippen LogP) is 4.17. The zero-order valence-electron chi connectivity index (χ0n) is 16.0. The highest BCUT2D eigenvalue weighted by Gasteiger charge is 2.51. The fourth-order valence-electron chi connectivity index (χ4n) is 5.72. The molecular weight excluding hydrogens is 405 g/mol. The summed E-state index contributed by atoms with van der Waals surface area (Å²) in [5, 5.41) is 12.8. The van der Waals surface area contributed by atoms with Gasteiger partial charge in [0.05, 0.1) is 22.1 Å². The lowest BCUT2D eigenvalue weighted by Crippen LogP contribution is -2.48. The number of hydrogen-bond acceptors (Lipinski definition) is 5. The standard InChI is InChI=1S/C20H21F3N2O5/c21-20(22,23)15-8-14(25(28)29)1-2-16(15)24-17(26)9-30-19(27)18-12-4-10-3-11(6-12)7-13(18)5-10/h1-2,8,10-13,18H,3-7,9H2,(H,24,26). The molecule has 7 nitrogen and oxygen atoms in total. The Labute approximate surface area is 170 Å². The van der Waals surface area contributed by atoms with Crippen molar-refractivity contribution in [1.29, 1.82) is 0 Å². The molecule has 1 N–H and O–H groups in total. The molecule has 0 aromatic heterocycles. The highest BCUT2D eigenvalue weighted by atomic mass is 19.4. The fourth-order valence-corrected chi connectivity index (χ4v) is 5.72. The maximum absolute atomic E-state index is 13.2. The number of nitro groups is 1. The molecule has 10 heteroatoms. The largest absolute Gasteiger partial charge is 0.455 e. The smallest absolute Gasteiger partial charge is 0.418 e. The Kier molecular flexibility index (Phi) is 5.19. The summed E-state index contributed by atoms with van der Waals surface area (Å²) in [7, 11) is 0. The average molecular weight is 426 g/mol. The lowest BCUT2D eigenvalue weighted by atomic mass is 9.52. The molecule has 162 valence electrons. The summed E-state index contributed by atoms with van der Waals surface area (Å²) >= 11 is 0. The van der Waals surface area contributed by atoms with Crippen LogP contribution in [0, 0.1) is 39.7 Å². The Bertz CT molecular complexity index is 858. The SMILES string of the molecule is O=C(COC(=O)C1C2CC3CC(C2)CC1C3)Nc1ccc([N+](=O)[O-])cc1C(F)(F)F. The van der Waals surface area contributed by atoms with E-state index in [9.17, 15) is 32.9 Å². The van der Waals surface area contributed by atoms with Gasteiger partial charge < -0.3 is 10.1 Å². The third kappa shape index (κ3) is 3.99. The van der Waals surface area contributed by atoms with Crippen LogP contribution in [0.3, 0.4) is 0 Å². The summed E-state index contributed by atoms with van der Waals surface area (Å²) < 4.78 is 44.8. The van der Waals surface area contributed by atoms with Crippen molar-refractivity contribution in [1.82, 2.24) is 0 Å². The number of esters is 1. The first-order valence-corrected chi connectivity index (χ1v) is 9.94. The predicted molar refractivity (Wildman–Crippen MR) is 98.2 cm³/mol. The first kappa shape index (κ1) is 20.6. The first-order valence-electron chi connectivity index (χ1n) is 9.94. The van der Waals surface area contributed by atoms with Crippen LogP contribution in [0.2, 0.25) is 0 Å². The molecule has 0 radical (unpaired) electrons. The Morgan fingerprint density at radius 3 is 2.23 bits per heavy atom.